The second-order valence-electron chi connectivity index (χ2n) is 10.6. The summed E-state index contributed by atoms with van der Waals surface area (Å²) in [6.45, 7) is -1.97. The molecule has 262 valence electrons. The summed E-state index contributed by atoms with van der Waals surface area (Å²) in [4.78, 5) is 94.3. The molecule has 6 atom stereocenters. The van der Waals surface area contributed by atoms with Gasteiger partial charge in [-0.05, 0) is 25.8 Å². The van der Waals surface area contributed by atoms with Gasteiger partial charge in [-0.3, -0.25) is 28.8 Å². The van der Waals surface area contributed by atoms with Crippen LogP contribution in [0.25, 0.3) is 0 Å². The molecule has 2 unspecified atom stereocenters. The van der Waals surface area contributed by atoms with E-state index < -0.39 is 103 Å². The first-order chi connectivity index (χ1) is 22.3. The molecule has 18 N–H and O–H groups in total. The molecule has 1 fully saturated rings. The minimum absolute atomic E-state index is 0.0398. The lowest BCUT2D eigenvalue weighted by atomic mass is 10.0. The highest BCUT2D eigenvalue weighted by Crippen LogP contribution is 2.10. The van der Waals surface area contributed by atoms with Gasteiger partial charge in [-0.1, -0.05) is 0 Å². The van der Waals surface area contributed by atoms with E-state index in [0.717, 1.165) is 0 Å². The third-order valence-electron chi connectivity index (χ3n) is 6.86. The number of rotatable bonds is 10. The van der Waals surface area contributed by atoms with Crippen molar-refractivity contribution >= 4 is 47.4 Å². The number of hydrogen-bond donors (Lipinski definition) is 14. The second-order valence-corrected chi connectivity index (χ2v) is 10.6. The molecule has 0 radical (unpaired) electrons. The van der Waals surface area contributed by atoms with E-state index in [-0.39, 0.29) is 25.3 Å². The fraction of sp³-hybridized carbons (Fsp3) is 0.600. The molecule has 2 aliphatic rings. The summed E-state index contributed by atoms with van der Waals surface area (Å²) in [6, 6.07) is -9.17. The van der Waals surface area contributed by atoms with E-state index in [1.807, 2.05) is 5.32 Å². The number of nitrogens with zero attached hydrogens (tertiary/aromatic N) is 1. The number of urea groups is 1. The van der Waals surface area contributed by atoms with Crippen molar-refractivity contribution in [2.24, 2.45) is 27.9 Å². The number of aliphatic hydroxyl groups excluding tert-OH is 2. The molecule has 22 heteroatoms. The van der Waals surface area contributed by atoms with E-state index in [2.05, 4.69) is 42.2 Å². The van der Waals surface area contributed by atoms with Gasteiger partial charge in [-0.25, -0.2) is 9.79 Å². The first-order valence-electron chi connectivity index (χ1n) is 14.6. The molecule has 8 amide bonds. The molecule has 2 rings (SSSR count). The zero-order chi connectivity index (χ0) is 35.1. The Hall–Kier alpha value is -5.06. The number of hydrogen-bond acceptors (Lipinski definition) is 14. The summed E-state index contributed by atoms with van der Waals surface area (Å²) in [6.07, 6.45) is 1.63. The summed E-state index contributed by atoms with van der Waals surface area (Å²) >= 11 is 0. The molecule has 2 aliphatic heterocycles. The van der Waals surface area contributed by atoms with Gasteiger partial charge in [0.2, 0.25) is 29.5 Å². The number of guanidine groups is 1. The SMILES string of the molecule is NCCCC(N)CC(=O)N[C@H]1CNC(=O)C([C@@H]2CCNC(N)=N2)NC(=O)/C(=C\NC(N)=O)NC(=O)[C@H](CO)NC(=O)[C@H](CO)NC1=O. The van der Waals surface area contributed by atoms with Gasteiger partial charge in [-0.15, -0.1) is 0 Å². The fourth-order valence-corrected chi connectivity index (χ4v) is 4.38. The number of nitrogens with two attached hydrogens (primary N) is 4. The summed E-state index contributed by atoms with van der Waals surface area (Å²) in [5, 5.41) is 38.1. The first-order valence-corrected chi connectivity index (χ1v) is 14.6. The molecule has 0 aromatic carbocycles. The van der Waals surface area contributed by atoms with Crippen LogP contribution in [0.4, 0.5) is 4.79 Å². The number of aliphatic imine (C=N–C) groups is 1. The predicted molar refractivity (Wildman–Crippen MR) is 163 cm³/mol. The largest absolute Gasteiger partial charge is 0.394 e. The molecule has 22 nitrogen and oxygen atoms in total. The Balaban J connectivity index is 2.52. The van der Waals surface area contributed by atoms with Gasteiger partial charge in [0.05, 0.1) is 19.3 Å². The maximum Gasteiger partial charge on any atom is 0.316 e. The number of amides is 8. The molecule has 0 bridgehead atoms. The Kier molecular flexibility index (Phi) is 15.2. The quantitative estimate of drug-likeness (QED) is 0.0962. The fourth-order valence-electron chi connectivity index (χ4n) is 4.38. The lowest BCUT2D eigenvalue weighted by Crippen LogP contribution is -2.62. The first kappa shape index (κ1) is 38.1. The normalized spacial score (nSPS) is 26.3. The van der Waals surface area contributed by atoms with Crippen LogP contribution in [0.15, 0.2) is 16.9 Å². The van der Waals surface area contributed by atoms with Crippen LogP contribution in [-0.2, 0) is 28.8 Å². The third kappa shape index (κ3) is 12.3. The van der Waals surface area contributed by atoms with Crippen LogP contribution in [0.3, 0.4) is 0 Å². The van der Waals surface area contributed by atoms with Crippen molar-refractivity contribution in [1.82, 2.24) is 42.5 Å². The van der Waals surface area contributed by atoms with E-state index in [9.17, 15) is 43.8 Å². The predicted octanol–water partition coefficient (Wildman–Crippen LogP) is -8.20. The van der Waals surface area contributed by atoms with Gasteiger partial charge in [-0.2, -0.15) is 0 Å². The van der Waals surface area contributed by atoms with Crippen LogP contribution < -0.4 is 65.5 Å². The van der Waals surface area contributed by atoms with Gasteiger partial charge in [0.1, 0.15) is 29.9 Å². The number of primary amides is 1. The molecule has 0 aromatic rings. The number of carbonyl (C=O) groups is 7. The van der Waals surface area contributed by atoms with E-state index in [4.69, 9.17) is 22.9 Å². The van der Waals surface area contributed by atoms with Crippen LogP contribution in [0, 0.1) is 0 Å². The lowest BCUT2D eigenvalue weighted by Gasteiger charge is -2.29. The molecule has 0 spiro atoms. The highest BCUT2D eigenvalue weighted by atomic mass is 16.3. The average Bonchev–Trinajstić information content (AvgIpc) is 3.02. The lowest BCUT2D eigenvalue weighted by molar-refractivity contribution is -0.135. The number of nitrogens with one attached hydrogen (secondary N) is 8. The summed E-state index contributed by atoms with van der Waals surface area (Å²) in [5.41, 5.74) is 21.6. The van der Waals surface area contributed by atoms with Gasteiger partial charge in [0.15, 0.2) is 5.96 Å². The van der Waals surface area contributed by atoms with Crippen molar-refractivity contribution in [3.8, 4) is 0 Å². The van der Waals surface area contributed by atoms with Crippen molar-refractivity contribution in [3.63, 3.8) is 0 Å². The van der Waals surface area contributed by atoms with Crippen LogP contribution in [0.5, 0.6) is 0 Å². The maximum absolute atomic E-state index is 13.5. The average molecular weight is 670 g/mol. The molecular formula is C25H43N13O9. The monoisotopic (exact) mass is 669 g/mol. The zero-order valence-electron chi connectivity index (χ0n) is 25.4. The highest BCUT2D eigenvalue weighted by molar-refractivity contribution is 6.02. The molecule has 47 heavy (non-hydrogen) atoms. The molecule has 0 saturated carbocycles. The molecule has 0 aromatic heterocycles. The van der Waals surface area contributed by atoms with Gasteiger partial charge in [0, 0.05) is 31.8 Å². The molecule has 1 saturated heterocycles. The Morgan fingerprint density at radius 3 is 2.26 bits per heavy atom. The van der Waals surface area contributed by atoms with Crippen molar-refractivity contribution in [2.75, 3.05) is 32.8 Å². The Morgan fingerprint density at radius 2 is 1.64 bits per heavy atom. The van der Waals surface area contributed by atoms with E-state index >= 15 is 0 Å². The smallest absolute Gasteiger partial charge is 0.316 e. The highest BCUT2D eigenvalue weighted by Gasteiger charge is 2.35. The third-order valence-corrected chi connectivity index (χ3v) is 6.86. The Bertz CT molecular complexity index is 1240. The minimum atomic E-state index is -1.75. The Morgan fingerprint density at radius 1 is 0.979 bits per heavy atom. The number of carbonyl (C=O) groups excluding carboxylic acids is 7. The molecule has 2 heterocycles. The summed E-state index contributed by atoms with van der Waals surface area (Å²) in [5.74, 6) is -6.10. The van der Waals surface area contributed by atoms with E-state index in [1.54, 1.807) is 0 Å². The standard InChI is InChI=1S/C25H43N13O9/c26-4-1-2-11(27)6-17(41)33-13-7-31-23(46)18(12-3-5-30-24(28)37-12)38-20(43)14(8-32-25(29)47)34-21(44)15(9-39)36-22(45)16(10-40)35-19(13)42/h8,11-13,15-16,18,39-40H,1-7,9-10,26-27H2,(H,31,46)(H,33,41)(H,34,44)(H,35,42)(H,36,45)(H,38,43)(H3,28,30,37)(H3,29,32,47)/b14-8+/t11?,12-,13-,15-,16-,18?/m0/s1. The topological polar surface area (TPSA) is 373 Å². The van der Waals surface area contributed by atoms with Gasteiger partial charge < -0.3 is 75.7 Å². The second kappa shape index (κ2) is 18.8. The van der Waals surface area contributed by atoms with Crippen molar-refractivity contribution in [1.29, 1.82) is 0 Å². The minimum Gasteiger partial charge on any atom is -0.394 e. The van der Waals surface area contributed by atoms with Crippen LogP contribution in [0.2, 0.25) is 0 Å². The summed E-state index contributed by atoms with van der Waals surface area (Å²) < 4.78 is 0. The van der Waals surface area contributed by atoms with Gasteiger partial charge in [0.25, 0.3) is 5.91 Å². The van der Waals surface area contributed by atoms with Crippen LogP contribution in [-0.4, -0.2) is 127 Å². The van der Waals surface area contributed by atoms with Crippen LogP contribution in [0.1, 0.15) is 25.7 Å². The maximum atomic E-state index is 13.5. The number of aliphatic hydroxyl groups is 2. The molecule has 0 aliphatic carbocycles. The van der Waals surface area contributed by atoms with Crippen molar-refractivity contribution < 1.29 is 43.8 Å². The van der Waals surface area contributed by atoms with Crippen molar-refractivity contribution in [3.05, 3.63) is 11.9 Å². The van der Waals surface area contributed by atoms with Crippen LogP contribution >= 0.6 is 0 Å². The zero-order valence-corrected chi connectivity index (χ0v) is 25.4. The van der Waals surface area contributed by atoms with E-state index in [1.165, 1.54) is 0 Å². The van der Waals surface area contributed by atoms with E-state index in [0.29, 0.717) is 25.6 Å². The molecular weight excluding hydrogens is 626 g/mol. The van der Waals surface area contributed by atoms with Crippen molar-refractivity contribution in [2.45, 2.75) is 61.9 Å². The van der Waals surface area contributed by atoms with Gasteiger partial charge >= 0.3 is 6.03 Å². The summed E-state index contributed by atoms with van der Waals surface area (Å²) in [7, 11) is 0. The Labute approximate surface area is 268 Å².